The number of ether oxygens (including phenoxy) is 1. The van der Waals surface area contributed by atoms with E-state index in [0.29, 0.717) is 23.4 Å². The number of carboxylic acids is 1. The van der Waals surface area contributed by atoms with Gasteiger partial charge in [-0.1, -0.05) is 52.4 Å². The Labute approximate surface area is 141 Å². The van der Waals surface area contributed by atoms with Crippen molar-refractivity contribution in [3.8, 4) is 0 Å². The molecule has 0 bridgehead atoms. The highest BCUT2D eigenvalue weighted by atomic mass is 16.5. The van der Waals surface area contributed by atoms with Crippen molar-refractivity contribution in [2.45, 2.75) is 71.3 Å². The topological polar surface area (TPSA) is 63.6 Å². The molecule has 0 saturated heterocycles. The van der Waals surface area contributed by atoms with Crippen molar-refractivity contribution in [2.24, 2.45) is 5.92 Å². The van der Waals surface area contributed by atoms with Crippen LogP contribution in [-0.2, 0) is 14.3 Å². The highest BCUT2D eigenvalue weighted by Crippen LogP contribution is 2.16. The van der Waals surface area contributed by atoms with Gasteiger partial charge in [0.1, 0.15) is 6.54 Å². The number of aliphatic carboxylic acids is 1. The summed E-state index contributed by atoms with van der Waals surface area (Å²) in [7, 11) is 5.88. The average Bonchev–Trinajstić information content (AvgIpc) is 2.35. The molecule has 0 saturated carbocycles. The van der Waals surface area contributed by atoms with Crippen LogP contribution in [0.3, 0.4) is 0 Å². The summed E-state index contributed by atoms with van der Waals surface area (Å²) in [6.45, 7) is 4.76. The second-order valence-electron chi connectivity index (χ2n) is 7.69. The third-order valence-electron chi connectivity index (χ3n) is 3.77. The molecule has 0 heterocycles. The Kier molecular flexibility index (Phi) is 10.9. The zero-order chi connectivity index (χ0) is 17.9. The van der Waals surface area contributed by atoms with E-state index in [0.717, 1.165) is 12.8 Å². The third kappa shape index (κ3) is 14.2. The van der Waals surface area contributed by atoms with Crippen molar-refractivity contribution in [2.75, 3.05) is 27.7 Å². The largest absolute Gasteiger partial charge is 0.481 e. The number of nitrogens with zero attached hydrogens (tertiary/aromatic N) is 1. The number of esters is 1. The van der Waals surface area contributed by atoms with Crippen LogP contribution < -0.4 is 0 Å². The lowest BCUT2D eigenvalue weighted by Crippen LogP contribution is -2.43. The van der Waals surface area contributed by atoms with Gasteiger partial charge in [0.05, 0.1) is 27.6 Å². The third-order valence-corrected chi connectivity index (χ3v) is 3.77. The molecule has 0 aromatic heterocycles. The van der Waals surface area contributed by atoms with Gasteiger partial charge in [-0.05, 0) is 5.92 Å². The Hall–Kier alpha value is -1.10. The van der Waals surface area contributed by atoms with E-state index in [-0.39, 0.29) is 12.4 Å². The quantitative estimate of drug-likeness (QED) is 0.319. The van der Waals surface area contributed by atoms with Crippen molar-refractivity contribution in [1.82, 2.24) is 0 Å². The van der Waals surface area contributed by atoms with E-state index in [9.17, 15) is 9.59 Å². The van der Waals surface area contributed by atoms with E-state index in [1.54, 1.807) is 0 Å². The molecule has 0 aliphatic carbocycles. The molecule has 5 heteroatoms. The maximum Gasteiger partial charge on any atom is 0.307 e. The number of likely N-dealkylation sites (N-methyl/N-ethyl adjacent to an activating group) is 1. The number of hydrogen-bond acceptors (Lipinski definition) is 3. The molecule has 0 radical (unpaired) electrons. The zero-order valence-electron chi connectivity index (χ0n) is 15.6. The van der Waals surface area contributed by atoms with Crippen LogP contribution in [0.2, 0.25) is 0 Å². The second-order valence-corrected chi connectivity index (χ2v) is 7.69. The first-order chi connectivity index (χ1) is 10.6. The van der Waals surface area contributed by atoms with E-state index in [2.05, 4.69) is 13.8 Å². The van der Waals surface area contributed by atoms with Crippen LogP contribution in [0.1, 0.15) is 65.2 Å². The van der Waals surface area contributed by atoms with Crippen molar-refractivity contribution in [3.63, 3.8) is 0 Å². The molecule has 0 aromatic rings. The van der Waals surface area contributed by atoms with Crippen LogP contribution in [0, 0.1) is 5.92 Å². The molecule has 23 heavy (non-hydrogen) atoms. The van der Waals surface area contributed by atoms with Gasteiger partial charge in [0.2, 0.25) is 0 Å². The fourth-order valence-electron chi connectivity index (χ4n) is 2.67. The monoisotopic (exact) mass is 330 g/mol. The minimum atomic E-state index is -0.930. The normalized spacial score (nSPS) is 14.3. The van der Waals surface area contributed by atoms with E-state index >= 15 is 0 Å². The lowest BCUT2D eigenvalue weighted by atomic mass is 9.99. The van der Waals surface area contributed by atoms with E-state index in [4.69, 9.17) is 9.84 Å². The molecule has 0 aromatic carbocycles. The maximum atomic E-state index is 12.0. The van der Waals surface area contributed by atoms with Gasteiger partial charge in [-0.15, -0.1) is 0 Å². The summed E-state index contributed by atoms with van der Waals surface area (Å²) in [5.41, 5.74) is 0. The summed E-state index contributed by atoms with van der Waals surface area (Å²) < 4.78 is 5.99. The van der Waals surface area contributed by atoms with E-state index in [1.807, 2.05) is 21.1 Å². The van der Waals surface area contributed by atoms with Crippen molar-refractivity contribution in [1.29, 1.82) is 0 Å². The number of carboxylic acid groups (broad SMARTS) is 1. The van der Waals surface area contributed by atoms with Gasteiger partial charge < -0.3 is 14.3 Å². The van der Waals surface area contributed by atoms with Gasteiger partial charge in [0.25, 0.3) is 0 Å². The zero-order valence-corrected chi connectivity index (χ0v) is 15.6. The fourth-order valence-corrected chi connectivity index (χ4v) is 2.67. The standard InChI is InChI=1S/C18H35NO4/c1-6-7-8-9-10-11-15(2)12-18(22)23-16(13-17(20)21)14-19(3,4)5/h15-16H,6-14H2,1-5H3/p+1. The number of carbonyl (C=O) groups excluding carboxylic acids is 1. The van der Waals surface area contributed by atoms with Crippen LogP contribution in [0.5, 0.6) is 0 Å². The predicted octanol–water partition coefficient (Wildman–Crippen LogP) is 3.47. The summed E-state index contributed by atoms with van der Waals surface area (Å²) in [4.78, 5) is 23.0. The molecular formula is C18H36NO4+. The van der Waals surface area contributed by atoms with Crippen LogP contribution in [0.15, 0.2) is 0 Å². The Balaban J connectivity index is 4.16. The smallest absolute Gasteiger partial charge is 0.307 e. The molecule has 5 nitrogen and oxygen atoms in total. The van der Waals surface area contributed by atoms with Crippen molar-refractivity contribution < 1.29 is 23.9 Å². The molecule has 2 atom stereocenters. The van der Waals surface area contributed by atoms with Gasteiger partial charge in [-0.2, -0.15) is 0 Å². The summed E-state index contributed by atoms with van der Waals surface area (Å²) in [5, 5.41) is 8.96. The first-order valence-corrected chi connectivity index (χ1v) is 8.85. The van der Waals surface area contributed by atoms with Crippen molar-refractivity contribution in [3.05, 3.63) is 0 Å². The van der Waals surface area contributed by atoms with Crippen LogP contribution in [0.25, 0.3) is 0 Å². The van der Waals surface area contributed by atoms with Gasteiger partial charge in [-0.25, -0.2) is 0 Å². The summed E-state index contributed by atoms with van der Waals surface area (Å²) >= 11 is 0. The summed E-state index contributed by atoms with van der Waals surface area (Å²) in [5.74, 6) is -0.912. The maximum absolute atomic E-state index is 12.0. The molecule has 0 spiro atoms. The number of quaternary nitrogens is 1. The SMILES string of the molecule is CCCCCCCC(C)CC(=O)OC(CC(=O)O)C[N+](C)(C)C. The minimum absolute atomic E-state index is 0.132. The first kappa shape index (κ1) is 21.9. The highest BCUT2D eigenvalue weighted by Gasteiger charge is 2.25. The van der Waals surface area contributed by atoms with Crippen LogP contribution in [0.4, 0.5) is 0 Å². The van der Waals surface area contributed by atoms with Gasteiger partial charge >= 0.3 is 11.9 Å². The van der Waals surface area contributed by atoms with E-state index in [1.165, 1.54) is 25.7 Å². The molecule has 136 valence electrons. The number of hydrogen-bond donors (Lipinski definition) is 1. The molecule has 0 amide bonds. The Bertz CT molecular complexity index is 349. The molecule has 0 rings (SSSR count). The lowest BCUT2D eigenvalue weighted by Gasteiger charge is -2.28. The minimum Gasteiger partial charge on any atom is -0.481 e. The van der Waals surface area contributed by atoms with Crippen LogP contribution in [-0.4, -0.2) is 55.3 Å². The molecular weight excluding hydrogens is 294 g/mol. The lowest BCUT2D eigenvalue weighted by molar-refractivity contribution is -0.873. The van der Waals surface area contributed by atoms with Gasteiger partial charge in [-0.3, -0.25) is 9.59 Å². The predicted molar refractivity (Wildman–Crippen MR) is 92.2 cm³/mol. The Morgan fingerprint density at radius 1 is 1.04 bits per heavy atom. The Morgan fingerprint density at radius 2 is 1.65 bits per heavy atom. The Morgan fingerprint density at radius 3 is 2.17 bits per heavy atom. The first-order valence-electron chi connectivity index (χ1n) is 8.85. The van der Waals surface area contributed by atoms with Gasteiger partial charge in [0.15, 0.2) is 6.10 Å². The number of rotatable bonds is 13. The molecule has 0 aliphatic heterocycles. The molecule has 1 N–H and O–H groups in total. The molecule has 0 aliphatic rings. The van der Waals surface area contributed by atoms with E-state index < -0.39 is 12.1 Å². The summed E-state index contributed by atoms with van der Waals surface area (Å²) in [6, 6.07) is 0. The average molecular weight is 330 g/mol. The second kappa shape index (κ2) is 11.4. The van der Waals surface area contributed by atoms with Crippen LogP contribution >= 0.6 is 0 Å². The van der Waals surface area contributed by atoms with Crippen molar-refractivity contribution >= 4 is 11.9 Å². The summed E-state index contributed by atoms with van der Waals surface area (Å²) in [6.07, 6.45) is 6.85. The number of carbonyl (C=O) groups is 2. The number of unbranched alkanes of at least 4 members (excludes halogenated alkanes) is 4. The van der Waals surface area contributed by atoms with Gasteiger partial charge in [0, 0.05) is 6.42 Å². The fraction of sp³-hybridized carbons (Fsp3) is 0.889. The highest BCUT2D eigenvalue weighted by molar-refractivity contribution is 5.71. The molecule has 2 unspecified atom stereocenters. The molecule has 0 fully saturated rings.